The average Bonchev–Trinajstić information content (AvgIpc) is 3.09. The second kappa shape index (κ2) is 10.8. The number of imide groups is 1. The number of rotatable bonds is 7. The van der Waals surface area contributed by atoms with E-state index in [1.54, 1.807) is 6.07 Å². The summed E-state index contributed by atoms with van der Waals surface area (Å²) in [6, 6.07) is 15.4. The molecule has 1 fully saturated rings. The summed E-state index contributed by atoms with van der Waals surface area (Å²) in [6.07, 6.45) is 1.43. The van der Waals surface area contributed by atoms with Crippen molar-refractivity contribution in [1.82, 2.24) is 4.90 Å². The molecule has 0 bridgehead atoms. The van der Waals surface area contributed by atoms with Crippen molar-refractivity contribution in [2.24, 2.45) is 0 Å². The Morgan fingerprint density at radius 1 is 1.11 bits per heavy atom. The predicted molar refractivity (Wildman–Crippen MR) is 138 cm³/mol. The number of halogens is 2. The molecule has 37 heavy (non-hydrogen) atoms. The molecular weight excluding hydrogens is 543 g/mol. The number of carbonyl (C=O) groups is 3. The maximum atomic E-state index is 14.0. The fraction of sp³-hybridized carbons (Fsp3) is 0.0800. The van der Waals surface area contributed by atoms with E-state index in [0.29, 0.717) is 23.0 Å². The summed E-state index contributed by atoms with van der Waals surface area (Å²) in [4.78, 5) is 37.1. The van der Waals surface area contributed by atoms with E-state index in [1.165, 1.54) is 73.7 Å². The second-order valence-electron chi connectivity index (χ2n) is 7.79. The SMILES string of the molecule is CC(=O)Nc1ccc(S(=O)(=O)Oc2ccc(/C=C3\SC(=O)N(Cc4ccccc4F)C3=O)cc2Cl)cc1. The first-order valence-corrected chi connectivity index (χ1v) is 13.2. The highest BCUT2D eigenvalue weighted by Crippen LogP contribution is 2.35. The van der Waals surface area contributed by atoms with Crippen LogP contribution < -0.4 is 9.50 Å². The molecule has 1 aliphatic rings. The molecule has 4 rings (SSSR count). The van der Waals surface area contributed by atoms with Crippen molar-refractivity contribution in [3.63, 3.8) is 0 Å². The highest BCUT2D eigenvalue weighted by Gasteiger charge is 2.35. The van der Waals surface area contributed by atoms with Crippen LogP contribution in [0.3, 0.4) is 0 Å². The molecule has 1 N–H and O–H groups in total. The minimum atomic E-state index is -4.23. The molecular formula is C25H18ClFN2O6S2. The molecule has 0 atom stereocenters. The maximum absolute atomic E-state index is 14.0. The fourth-order valence-electron chi connectivity index (χ4n) is 3.33. The zero-order valence-corrected chi connectivity index (χ0v) is 21.5. The fourth-order valence-corrected chi connectivity index (χ4v) is 5.39. The van der Waals surface area contributed by atoms with Crippen molar-refractivity contribution in [1.29, 1.82) is 0 Å². The minimum Gasteiger partial charge on any atom is -0.377 e. The van der Waals surface area contributed by atoms with E-state index >= 15 is 0 Å². The monoisotopic (exact) mass is 560 g/mol. The van der Waals surface area contributed by atoms with E-state index < -0.39 is 27.1 Å². The van der Waals surface area contributed by atoms with Gasteiger partial charge in [-0.15, -0.1) is 0 Å². The molecule has 190 valence electrons. The van der Waals surface area contributed by atoms with Crippen LogP contribution in [0, 0.1) is 5.82 Å². The van der Waals surface area contributed by atoms with E-state index in [0.717, 1.165) is 4.90 Å². The lowest BCUT2D eigenvalue weighted by Crippen LogP contribution is -2.27. The van der Waals surface area contributed by atoms with Gasteiger partial charge in [-0.25, -0.2) is 4.39 Å². The number of hydrogen-bond acceptors (Lipinski definition) is 7. The molecule has 12 heteroatoms. The number of anilines is 1. The smallest absolute Gasteiger partial charge is 0.339 e. The minimum absolute atomic E-state index is 0.0437. The molecule has 3 amide bonds. The molecule has 3 aromatic rings. The van der Waals surface area contributed by atoms with E-state index in [2.05, 4.69) is 5.32 Å². The molecule has 0 spiro atoms. The first-order chi connectivity index (χ1) is 17.5. The normalized spacial score (nSPS) is 14.8. The number of amides is 3. The van der Waals surface area contributed by atoms with Gasteiger partial charge >= 0.3 is 10.1 Å². The first-order valence-electron chi connectivity index (χ1n) is 10.6. The molecule has 1 aliphatic heterocycles. The summed E-state index contributed by atoms with van der Waals surface area (Å²) in [7, 11) is -4.23. The summed E-state index contributed by atoms with van der Waals surface area (Å²) < 4.78 is 44.4. The van der Waals surface area contributed by atoms with Crippen molar-refractivity contribution in [2.75, 3.05) is 5.32 Å². The lowest BCUT2D eigenvalue weighted by molar-refractivity contribution is -0.123. The number of benzene rings is 3. The summed E-state index contributed by atoms with van der Waals surface area (Å²) in [6.45, 7) is 1.13. The summed E-state index contributed by atoms with van der Waals surface area (Å²) >= 11 is 6.94. The van der Waals surface area contributed by atoms with Gasteiger partial charge in [0.2, 0.25) is 5.91 Å². The largest absolute Gasteiger partial charge is 0.377 e. The third kappa shape index (κ3) is 6.19. The highest BCUT2D eigenvalue weighted by molar-refractivity contribution is 8.18. The van der Waals surface area contributed by atoms with Crippen LogP contribution in [0.15, 0.2) is 76.5 Å². The van der Waals surface area contributed by atoms with E-state index in [1.807, 2.05) is 0 Å². The van der Waals surface area contributed by atoms with Gasteiger partial charge in [0, 0.05) is 18.2 Å². The summed E-state index contributed by atoms with van der Waals surface area (Å²) in [5.74, 6) is -1.54. The quantitative estimate of drug-likeness (QED) is 0.302. The molecule has 0 saturated carbocycles. The standard InChI is InChI=1S/C25H18ClFN2O6S2/c1-15(30)28-18-7-9-19(10-8-18)37(33,34)35-22-11-6-16(12-20(22)26)13-23-24(31)29(25(32)36-23)14-17-4-2-3-5-21(17)27/h2-13H,14H2,1H3,(H,28,30)/b23-13-. The van der Waals surface area contributed by atoms with Gasteiger partial charge in [0.15, 0.2) is 5.75 Å². The maximum Gasteiger partial charge on any atom is 0.339 e. The topological polar surface area (TPSA) is 110 Å². The number of nitrogens with one attached hydrogen (secondary N) is 1. The van der Waals surface area contributed by atoms with Crippen molar-refractivity contribution >= 4 is 62.3 Å². The van der Waals surface area contributed by atoms with Crippen LogP contribution in [0.2, 0.25) is 5.02 Å². The second-order valence-corrected chi connectivity index (χ2v) is 10.7. The Morgan fingerprint density at radius 3 is 2.46 bits per heavy atom. The summed E-state index contributed by atoms with van der Waals surface area (Å²) in [5.41, 5.74) is 1.06. The van der Waals surface area contributed by atoms with Crippen LogP contribution >= 0.6 is 23.4 Å². The Hall–Kier alpha value is -3.67. The van der Waals surface area contributed by atoms with Crippen LogP contribution in [0.5, 0.6) is 5.75 Å². The Kier molecular flexibility index (Phi) is 7.67. The van der Waals surface area contributed by atoms with Crippen LogP contribution in [0.25, 0.3) is 6.08 Å². The zero-order chi connectivity index (χ0) is 26.7. The number of hydrogen-bond donors (Lipinski definition) is 1. The van der Waals surface area contributed by atoms with Crippen molar-refractivity contribution < 1.29 is 31.4 Å². The van der Waals surface area contributed by atoms with Gasteiger partial charge in [-0.3, -0.25) is 19.3 Å². The molecule has 0 aliphatic carbocycles. The Morgan fingerprint density at radius 2 is 1.81 bits per heavy atom. The molecule has 0 aromatic heterocycles. The molecule has 1 saturated heterocycles. The van der Waals surface area contributed by atoms with Crippen LogP contribution in [-0.2, 0) is 26.3 Å². The van der Waals surface area contributed by atoms with E-state index in [4.69, 9.17) is 15.8 Å². The van der Waals surface area contributed by atoms with Crippen molar-refractivity contribution in [3.05, 3.63) is 93.6 Å². The lowest BCUT2D eigenvalue weighted by atomic mass is 10.2. The molecule has 3 aromatic carbocycles. The van der Waals surface area contributed by atoms with Gasteiger partial charge in [0.25, 0.3) is 11.1 Å². The molecule has 1 heterocycles. The Balaban J connectivity index is 1.49. The highest BCUT2D eigenvalue weighted by atomic mass is 35.5. The average molecular weight is 561 g/mol. The van der Waals surface area contributed by atoms with Crippen LogP contribution in [-0.4, -0.2) is 30.4 Å². The number of carbonyl (C=O) groups excluding carboxylic acids is 3. The van der Waals surface area contributed by atoms with Crippen LogP contribution in [0.4, 0.5) is 14.9 Å². The predicted octanol–water partition coefficient (Wildman–Crippen LogP) is 5.44. The Labute approximate surface area is 221 Å². The molecule has 0 unspecified atom stereocenters. The Bertz CT molecular complexity index is 1540. The van der Waals surface area contributed by atoms with E-state index in [-0.39, 0.29) is 38.6 Å². The van der Waals surface area contributed by atoms with E-state index in [9.17, 15) is 27.2 Å². The third-order valence-corrected chi connectivity index (χ3v) is 7.53. The van der Waals surface area contributed by atoms with Gasteiger partial charge in [-0.2, -0.15) is 8.42 Å². The molecule has 8 nitrogen and oxygen atoms in total. The van der Waals surface area contributed by atoms with Crippen LogP contribution in [0.1, 0.15) is 18.1 Å². The number of thioether (sulfide) groups is 1. The van der Waals surface area contributed by atoms with Gasteiger partial charge < -0.3 is 9.50 Å². The zero-order valence-electron chi connectivity index (χ0n) is 19.1. The lowest BCUT2D eigenvalue weighted by Gasteiger charge is -2.12. The third-order valence-electron chi connectivity index (χ3n) is 5.08. The van der Waals surface area contributed by atoms with Gasteiger partial charge in [-0.05, 0) is 65.9 Å². The first kappa shape index (κ1) is 26.4. The van der Waals surface area contributed by atoms with Crippen molar-refractivity contribution in [2.45, 2.75) is 18.4 Å². The van der Waals surface area contributed by atoms with Crippen molar-refractivity contribution in [3.8, 4) is 5.75 Å². The summed E-state index contributed by atoms with van der Waals surface area (Å²) in [5, 5.41) is 1.95. The number of nitrogens with zero attached hydrogens (tertiary/aromatic N) is 1. The molecule has 0 radical (unpaired) electrons. The van der Waals surface area contributed by atoms with Gasteiger partial charge in [0.1, 0.15) is 10.7 Å². The van der Waals surface area contributed by atoms with Gasteiger partial charge in [0.05, 0.1) is 16.5 Å². The van der Waals surface area contributed by atoms with Gasteiger partial charge in [-0.1, -0.05) is 35.9 Å².